The fourth-order valence-corrected chi connectivity index (χ4v) is 3.29. The van der Waals surface area contributed by atoms with Crippen LogP contribution < -0.4 is 10.2 Å². The number of carbonyl (C=O) groups is 1. The van der Waals surface area contributed by atoms with Gasteiger partial charge in [-0.25, -0.2) is 4.39 Å². The SMILES string of the molecule is O=C1c2ccccc2N[C@H]([C@@H]2CCOC2)N1c1ccc(F)cc1. The molecular formula is C18H17FN2O2. The third-order valence-electron chi connectivity index (χ3n) is 4.47. The molecule has 0 aliphatic carbocycles. The van der Waals surface area contributed by atoms with E-state index in [-0.39, 0.29) is 23.8 Å². The van der Waals surface area contributed by atoms with Crippen LogP contribution in [0.5, 0.6) is 0 Å². The summed E-state index contributed by atoms with van der Waals surface area (Å²) < 4.78 is 18.7. The zero-order valence-electron chi connectivity index (χ0n) is 12.5. The van der Waals surface area contributed by atoms with E-state index in [1.807, 2.05) is 24.3 Å². The van der Waals surface area contributed by atoms with Crippen molar-refractivity contribution in [2.75, 3.05) is 23.4 Å². The van der Waals surface area contributed by atoms with Crippen LogP contribution in [0.1, 0.15) is 16.8 Å². The van der Waals surface area contributed by atoms with E-state index in [0.717, 1.165) is 12.1 Å². The van der Waals surface area contributed by atoms with Gasteiger partial charge >= 0.3 is 0 Å². The van der Waals surface area contributed by atoms with Gasteiger partial charge in [-0.05, 0) is 42.8 Å². The molecule has 0 bridgehead atoms. The molecule has 2 aliphatic heterocycles. The highest BCUT2D eigenvalue weighted by atomic mass is 19.1. The lowest BCUT2D eigenvalue weighted by molar-refractivity contribution is 0.0963. The first-order valence-electron chi connectivity index (χ1n) is 7.76. The summed E-state index contributed by atoms with van der Waals surface area (Å²) in [6, 6.07) is 13.5. The third kappa shape index (κ3) is 2.47. The molecule has 1 fully saturated rings. The highest BCUT2D eigenvalue weighted by Crippen LogP contribution is 2.34. The summed E-state index contributed by atoms with van der Waals surface area (Å²) in [6.07, 6.45) is 0.704. The number of carbonyl (C=O) groups excluding carboxylic acids is 1. The maximum atomic E-state index is 13.2. The topological polar surface area (TPSA) is 41.6 Å². The van der Waals surface area contributed by atoms with Crippen molar-refractivity contribution in [2.45, 2.75) is 12.6 Å². The van der Waals surface area contributed by atoms with Gasteiger partial charge in [0.15, 0.2) is 0 Å². The monoisotopic (exact) mass is 312 g/mol. The normalized spacial score (nSPS) is 23.5. The molecule has 2 atom stereocenters. The lowest BCUT2D eigenvalue weighted by Crippen LogP contribution is -2.53. The third-order valence-corrected chi connectivity index (χ3v) is 4.47. The minimum absolute atomic E-state index is 0.0668. The summed E-state index contributed by atoms with van der Waals surface area (Å²) in [5.74, 6) is -0.174. The van der Waals surface area contributed by atoms with E-state index < -0.39 is 0 Å². The predicted octanol–water partition coefficient (Wildman–Crippen LogP) is 3.26. The van der Waals surface area contributed by atoms with Crippen LogP contribution in [0.3, 0.4) is 0 Å². The number of ether oxygens (including phenoxy) is 1. The van der Waals surface area contributed by atoms with Crippen molar-refractivity contribution >= 4 is 17.3 Å². The molecule has 0 radical (unpaired) electrons. The smallest absolute Gasteiger partial charge is 0.262 e. The van der Waals surface area contributed by atoms with Crippen molar-refractivity contribution in [3.05, 3.63) is 59.9 Å². The Bertz CT molecular complexity index is 726. The molecule has 0 spiro atoms. The summed E-state index contributed by atoms with van der Waals surface area (Å²) in [6.45, 7) is 1.32. The summed E-state index contributed by atoms with van der Waals surface area (Å²) in [4.78, 5) is 14.7. The number of hydrogen-bond acceptors (Lipinski definition) is 3. The standard InChI is InChI=1S/C18H17FN2O2/c19-13-5-7-14(8-6-13)21-17(12-9-10-23-11-12)20-16-4-2-1-3-15(16)18(21)22/h1-8,12,17,20H,9-11H2/t12-,17+/m1/s1. The van der Waals surface area contributed by atoms with E-state index in [2.05, 4.69) is 5.32 Å². The number of nitrogens with zero attached hydrogens (tertiary/aromatic N) is 1. The number of anilines is 2. The van der Waals surface area contributed by atoms with Crippen molar-refractivity contribution < 1.29 is 13.9 Å². The van der Waals surface area contributed by atoms with Gasteiger partial charge in [0.1, 0.15) is 12.0 Å². The first-order valence-corrected chi connectivity index (χ1v) is 7.76. The molecule has 1 amide bonds. The fourth-order valence-electron chi connectivity index (χ4n) is 3.29. The van der Waals surface area contributed by atoms with E-state index in [9.17, 15) is 9.18 Å². The average Bonchev–Trinajstić information content (AvgIpc) is 3.10. The van der Waals surface area contributed by atoms with Crippen LogP contribution in [0.25, 0.3) is 0 Å². The Morgan fingerprint density at radius 1 is 1.13 bits per heavy atom. The van der Waals surface area contributed by atoms with Gasteiger partial charge < -0.3 is 10.1 Å². The highest BCUT2D eigenvalue weighted by Gasteiger charge is 2.38. The van der Waals surface area contributed by atoms with E-state index in [1.54, 1.807) is 17.0 Å². The quantitative estimate of drug-likeness (QED) is 0.925. The van der Waals surface area contributed by atoms with Crippen LogP contribution in [0, 0.1) is 11.7 Å². The molecular weight excluding hydrogens is 295 g/mol. The zero-order chi connectivity index (χ0) is 15.8. The molecule has 4 nitrogen and oxygen atoms in total. The number of fused-ring (bicyclic) bond motifs is 1. The summed E-state index contributed by atoms with van der Waals surface area (Å²) in [7, 11) is 0. The number of rotatable bonds is 2. The van der Waals surface area contributed by atoms with Gasteiger partial charge in [-0.2, -0.15) is 0 Å². The minimum Gasteiger partial charge on any atom is -0.381 e. The Labute approximate surface area is 133 Å². The summed E-state index contributed by atoms with van der Waals surface area (Å²) >= 11 is 0. The van der Waals surface area contributed by atoms with Gasteiger partial charge in [0.25, 0.3) is 5.91 Å². The number of amides is 1. The molecule has 2 heterocycles. The van der Waals surface area contributed by atoms with Gasteiger partial charge in [-0.1, -0.05) is 12.1 Å². The molecule has 1 saturated heterocycles. The lowest BCUT2D eigenvalue weighted by Gasteiger charge is -2.40. The summed E-state index contributed by atoms with van der Waals surface area (Å²) in [5, 5.41) is 3.46. The molecule has 5 heteroatoms. The Kier molecular flexibility index (Phi) is 3.50. The Morgan fingerprint density at radius 2 is 1.91 bits per heavy atom. The van der Waals surface area contributed by atoms with Crippen LogP contribution in [0.4, 0.5) is 15.8 Å². The van der Waals surface area contributed by atoms with Gasteiger partial charge in [0, 0.05) is 23.9 Å². The molecule has 2 aromatic carbocycles. The number of halogens is 1. The van der Waals surface area contributed by atoms with E-state index in [4.69, 9.17) is 4.74 Å². The Balaban J connectivity index is 1.78. The number of nitrogens with one attached hydrogen (secondary N) is 1. The maximum Gasteiger partial charge on any atom is 0.262 e. The van der Waals surface area contributed by atoms with Crippen LogP contribution in [0.15, 0.2) is 48.5 Å². The number of para-hydroxylation sites is 1. The highest BCUT2D eigenvalue weighted by molar-refractivity contribution is 6.12. The maximum absolute atomic E-state index is 13.2. The van der Waals surface area contributed by atoms with Crippen molar-refractivity contribution in [1.29, 1.82) is 0 Å². The van der Waals surface area contributed by atoms with E-state index in [0.29, 0.717) is 24.5 Å². The molecule has 118 valence electrons. The molecule has 0 saturated carbocycles. The second kappa shape index (κ2) is 5.66. The molecule has 1 N–H and O–H groups in total. The van der Waals surface area contributed by atoms with Crippen molar-refractivity contribution in [3.63, 3.8) is 0 Å². The first-order chi connectivity index (χ1) is 11.2. The molecule has 2 aliphatic rings. The molecule has 0 aromatic heterocycles. The van der Waals surface area contributed by atoms with Crippen LogP contribution in [-0.2, 0) is 4.74 Å². The van der Waals surface area contributed by atoms with Gasteiger partial charge in [0.2, 0.25) is 0 Å². The first kappa shape index (κ1) is 14.2. The summed E-state index contributed by atoms with van der Waals surface area (Å²) in [5.41, 5.74) is 2.16. The number of benzene rings is 2. The van der Waals surface area contributed by atoms with Crippen LogP contribution in [0.2, 0.25) is 0 Å². The van der Waals surface area contributed by atoms with Crippen LogP contribution in [-0.4, -0.2) is 25.3 Å². The Morgan fingerprint density at radius 3 is 2.65 bits per heavy atom. The Hall–Kier alpha value is -2.40. The molecule has 0 unspecified atom stereocenters. The van der Waals surface area contributed by atoms with E-state index in [1.165, 1.54) is 12.1 Å². The van der Waals surface area contributed by atoms with Crippen molar-refractivity contribution in [3.8, 4) is 0 Å². The molecule has 2 aromatic rings. The van der Waals surface area contributed by atoms with Crippen molar-refractivity contribution in [1.82, 2.24) is 0 Å². The zero-order valence-corrected chi connectivity index (χ0v) is 12.5. The molecule has 23 heavy (non-hydrogen) atoms. The largest absolute Gasteiger partial charge is 0.381 e. The van der Waals surface area contributed by atoms with Gasteiger partial charge in [0.05, 0.1) is 12.2 Å². The van der Waals surface area contributed by atoms with E-state index >= 15 is 0 Å². The van der Waals surface area contributed by atoms with Crippen LogP contribution >= 0.6 is 0 Å². The molecule has 4 rings (SSSR count). The second-order valence-corrected chi connectivity index (χ2v) is 5.91. The van der Waals surface area contributed by atoms with Gasteiger partial charge in [-0.15, -0.1) is 0 Å². The minimum atomic E-state index is -0.313. The average molecular weight is 312 g/mol. The number of hydrogen-bond donors (Lipinski definition) is 1. The predicted molar refractivity (Wildman–Crippen MR) is 86.0 cm³/mol. The second-order valence-electron chi connectivity index (χ2n) is 5.91. The van der Waals surface area contributed by atoms with Gasteiger partial charge in [-0.3, -0.25) is 9.69 Å². The fraction of sp³-hybridized carbons (Fsp3) is 0.278. The van der Waals surface area contributed by atoms with Crippen molar-refractivity contribution in [2.24, 2.45) is 5.92 Å². The lowest BCUT2D eigenvalue weighted by atomic mass is 9.98.